The summed E-state index contributed by atoms with van der Waals surface area (Å²) in [7, 11) is 0. The fraction of sp³-hybridized carbons (Fsp3) is 0.375. The third kappa shape index (κ3) is 2.65. The first kappa shape index (κ1) is 8.64. The Labute approximate surface area is 70.8 Å². The smallest absolute Gasteiger partial charge is 0.217 e. The molecule has 1 aromatic heterocycles. The van der Waals surface area contributed by atoms with Crippen molar-refractivity contribution < 1.29 is 4.79 Å². The van der Waals surface area contributed by atoms with Crippen LogP contribution in [0.15, 0.2) is 12.4 Å². The predicted molar refractivity (Wildman–Crippen MR) is 44.3 cm³/mol. The van der Waals surface area contributed by atoms with Gasteiger partial charge in [-0.25, -0.2) is 0 Å². The second-order valence-electron chi connectivity index (χ2n) is 2.62. The lowest BCUT2D eigenvalue weighted by molar-refractivity contribution is -0.118. The highest BCUT2D eigenvalue weighted by atomic mass is 16.1. The molecule has 1 heterocycles. The molecule has 1 aromatic rings. The third-order valence-corrected chi connectivity index (χ3v) is 1.46. The summed E-state index contributed by atoms with van der Waals surface area (Å²) in [6.45, 7) is 1.87. The Hall–Kier alpha value is -1.45. The average molecular weight is 165 g/mol. The highest BCUT2D eigenvalue weighted by Crippen LogP contribution is 1.97. The van der Waals surface area contributed by atoms with Gasteiger partial charge in [-0.1, -0.05) is 0 Å². The van der Waals surface area contributed by atoms with Crippen molar-refractivity contribution in [1.29, 1.82) is 0 Å². The van der Waals surface area contributed by atoms with Gasteiger partial charge in [0.25, 0.3) is 0 Å². The molecule has 0 aliphatic rings. The summed E-state index contributed by atoms with van der Waals surface area (Å²) in [4.78, 5) is 18.5. The summed E-state index contributed by atoms with van der Waals surface area (Å²) >= 11 is 0. The van der Waals surface area contributed by atoms with Crippen molar-refractivity contribution in [2.24, 2.45) is 5.73 Å². The number of primary amides is 1. The Balaban J connectivity index is 2.53. The lowest BCUT2D eigenvalue weighted by atomic mass is 10.2. The van der Waals surface area contributed by atoms with E-state index in [1.165, 1.54) is 0 Å². The molecule has 0 unspecified atom stereocenters. The number of carbonyl (C=O) groups excluding carboxylic acids is 1. The van der Waals surface area contributed by atoms with Crippen LogP contribution in [0.4, 0.5) is 0 Å². The first-order chi connectivity index (χ1) is 5.68. The molecule has 0 aromatic carbocycles. The van der Waals surface area contributed by atoms with Crippen LogP contribution in [0, 0.1) is 6.92 Å². The maximum Gasteiger partial charge on any atom is 0.217 e. The van der Waals surface area contributed by atoms with Crippen molar-refractivity contribution >= 4 is 5.91 Å². The van der Waals surface area contributed by atoms with Gasteiger partial charge in [0.1, 0.15) is 0 Å². The van der Waals surface area contributed by atoms with Crippen molar-refractivity contribution in [2.45, 2.75) is 19.8 Å². The highest BCUT2D eigenvalue weighted by molar-refractivity contribution is 5.73. The molecule has 0 atom stereocenters. The van der Waals surface area contributed by atoms with E-state index in [1.54, 1.807) is 12.4 Å². The number of amides is 1. The van der Waals surface area contributed by atoms with Crippen LogP contribution >= 0.6 is 0 Å². The highest BCUT2D eigenvalue weighted by Gasteiger charge is 1.98. The molecule has 0 aliphatic heterocycles. The summed E-state index contributed by atoms with van der Waals surface area (Å²) in [6, 6.07) is 0. The van der Waals surface area contributed by atoms with Gasteiger partial charge in [-0.05, 0) is 13.3 Å². The topological polar surface area (TPSA) is 68.9 Å². The largest absolute Gasteiger partial charge is 0.370 e. The summed E-state index contributed by atoms with van der Waals surface area (Å²) in [5, 5.41) is 0. The summed E-state index contributed by atoms with van der Waals surface area (Å²) in [6.07, 6.45) is 4.24. The van der Waals surface area contributed by atoms with Crippen LogP contribution in [0.1, 0.15) is 17.8 Å². The van der Waals surface area contributed by atoms with Gasteiger partial charge in [-0.2, -0.15) is 0 Å². The van der Waals surface area contributed by atoms with Crippen LogP contribution in [-0.4, -0.2) is 15.9 Å². The number of hydrogen-bond donors (Lipinski definition) is 1. The Kier molecular flexibility index (Phi) is 2.74. The minimum atomic E-state index is -0.308. The molecule has 2 N–H and O–H groups in total. The van der Waals surface area contributed by atoms with E-state index in [0.29, 0.717) is 12.8 Å². The van der Waals surface area contributed by atoms with Crippen LogP contribution in [0.25, 0.3) is 0 Å². The zero-order valence-electron chi connectivity index (χ0n) is 6.95. The van der Waals surface area contributed by atoms with Crippen LogP contribution in [-0.2, 0) is 11.2 Å². The molecule has 0 spiro atoms. The molecule has 1 amide bonds. The van der Waals surface area contributed by atoms with Crippen molar-refractivity contribution in [3.8, 4) is 0 Å². The minimum absolute atomic E-state index is 0.308. The van der Waals surface area contributed by atoms with E-state index in [1.807, 2.05) is 6.92 Å². The molecular formula is C8H11N3O. The first-order valence-corrected chi connectivity index (χ1v) is 3.74. The van der Waals surface area contributed by atoms with Crippen molar-refractivity contribution in [3.05, 3.63) is 23.8 Å². The number of nitrogens with two attached hydrogens (primary N) is 1. The molecule has 0 saturated carbocycles. The van der Waals surface area contributed by atoms with Crippen molar-refractivity contribution in [1.82, 2.24) is 9.97 Å². The van der Waals surface area contributed by atoms with E-state index in [2.05, 4.69) is 9.97 Å². The zero-order valence-corrected chi connectivity index (χ0v) is 6.95. The van der Waals surface area contributed by atoms with Crippen LogP contribution in [0.3, 0.4) is 0 Å². The number of carbonyl (C=O) groups is 1. The molecule has 12 heavy (non-hydrogen) atoms. The number of aromatic nitrogens is 2. The van der Waals surface area contributed by atoms with E-state index >= 15 is 0 Å². The van der Waals surface area contributed by atoms with E-state index in [9.17, 15) is 4.79 Å². The lowest BCUT2D eigenvalue weighted by Crippen LogP contribution is -2.11. The second kappa shape index (κ2) is 3.80. The molecule has 4 nitrogen and oxygen atoms in total. The molecule has 0 radical (unpaired) electrons. The Morgan fingerprint density at radius 2 is 2.25 bits per heavy atom. The van der Waals surface area contributed by atoms with Gasteiger partial charge >= 0.3 is 0 Å². The summed E-state index contributed by atoms with van der Waals surface area (Å²) in [5.74, 6) is -0.308. The van der Waals surface area contributed by atoms with Crippen LogP contribution in [0.2, 0.25) is 0 Å². The zero-order chi connectivity index (χ0) is 8.97. The summed E-state index contributed by atoms with van der Waals surface area (Å²) < 4.78 is 0. The average Bonchev–Trinajstić information content (AvgIpc) is 2.03. The summed E-state index contributed by atoms with van der Waals surface area (Å²) in [5.41, 5.74) is 6.66. The fourth-order valence-electron chi connectivity index (χ4n) is 0.800. The molecule has 0 fully saturated rings. The predicted octanol–water partition coefficient (Wildman–Crippen LogP) is 0.203. The van der Waals surface area contributed by atoms with E-state index in [0.717, 1.165) is 11.4 Å². The standard InChI is InChI=1S/C8H11N3O/c1-6-4-11-7(5-10-6)2-3-8(9)12/h4-5H,2-3H2,1H3,(H2,9,12). The Bertz CT molecular complexity index is 268. The molecule has 1 rings (SSSR count). The molecule has 0 saturated heterocycles. The van der Waals surface area contributed by atoms with Gasteiger partial charge < -0.3 is 5.73 Å². The minimum Gasteiger partial charge on any atom is -0.370 e. The lowest BCUT2D eigenvalue weighted by Gasteiger charge is -1.96. The van der Waals surface area contributed by atoms with Crippen LogP contribution < -0.4 is 5.73 Å². The molecule has 0 bridgehead atoms. The maximum absolute atomic E-state index is 10.4. The molecular weight excluding hydrogens is 154 g/mol. The first-order valence-electron chi connectivity index (χ1n) is 3.74. The quantitative estimate of drug-likeness (QED) is 0.695. The van der Waals surface area contributed by atoms with Gasteiger partial charge in [0.05, 0.1) is 11.4 Å². The second-order valence-corrected chi connectivity index (χ2v) is 2.62. The van der Waals surface area contributed by atoms with Gasteiger partial charge in [0.15, 0.2) is 0 Å². The van der Waals surface area contributed by atoms with Crippen LogP contribution in [0.5, 0.6) is 0 Å². The SMILES string of the molecule is Cc1cnc(CCC(N)=O)cn1. The van der Waals surface area contributed by atoms with Gasteiger partial charge in [0.2, 0.25) is 5.91 Å². The monoisotopic (exact) mass is 165 g/mol. The van der Waals surface area contributed by atoms with E-state index in [4.69, 9.17) is 5.73 Å². The van der Waals surface area contributed by atoms with E-state index < -0.39 is 0 Å². The number of aryl methyl sites for hydroxylation is 2. The van der Waals surface area contributed by atoms with Crippen molar-refractivity contribution in [3.63, 3.8) is 0 Å². The molecule has 0 aliphatic carbocycles. The van der Waals surface area contributed by atoms with Gasteiger partial charge in [0, 0.05) is 18.8 Å². The Morgan fingerprint density at radius 1 is 1.50 bits per heavy atom. The third-order valence-electron chi connectivity index (χ3n) is 1.46. The molecule has 64 valence electrons. The number of rotatable bonds is 3. The number of hydrogen-bond acceptors (Lipinski definition) is 3. The fourth-order valence-corrected chi connectivity index (χ4v) is 0.800. The van der Waals surface area contributed by atoms with Crippen molar-refractivity contribution in [2.75, 3.05) is 0 Å². The normalized spacial score (nSPS) is 9.75. The molecule has 4 heteroatoms. The van der Waals surface area contributed by atoms with E-state index in [-0.39, 0.29) is 5.91 Å². The maximum atomic E-state index is 10.4. The van der Waals surface area contributed by atoms with Gasteiger partial charge in [-0.15, -0.1) is 0 Å². The van der Waals surface area contributed by atoms with Gasteiger partial charge in [-0.3, -0.25) is 14.8 Å². The Morgan fingerprint density at radius 3 is 2.75 bits per heavy atom. The number of nitrogens with zero attached hydrogens (tertiary/aromatic N) is 2.